The molecule has 0 aliphatic carbocycles. The fraction of sp³-hybridized carbons (Fsp3) is 0.278. The van der Waals surface area contributed by atoms with Gasteiger partial charge in [-0.25, -0.2) is 0 Å². The van der Waals surface area contributed by atoms with E-state index in [1.54, 1.807) is 30.3 Å². The van der Waals surface area contributed by atoms with Crippen molar-refractivity contribution in [1.82, 2.24) is 5.32 Å². The largest absolute Gasteiger partial charge is 0.504 e. The molecule has 6 heteroatoms. The Labute approximate surface area is 145 Å². The molecular formula is C18H20ClNO4. The molecular weight excluding hydrogens is 330 g/mol. The van der Waals surface area contributed by atoms with E-state index in [0.29, 0.717) is 22.8 Å². The number of aliphatic hydroxyl groups excluding tert-OH is 1. The third kappa shape index (κ3) is 4.88. The Morgan fingerprint density at radius 1 is 1.29 bits per heavy atom. The average Bonchev–Trinajstić information content (AvgIpc) is 2.54. The van der Waals surface area contributed by atoms with E-state index < -0.39 is 0 Å². The van der Waals surface area contributed by atoms with Crippen LogP contribution in [0.3, 0.4) is 0 Å². The Balaban J connectivity index is 2.06. The Bertz CT molecular complexity index is 705. The van der Waals surface area contributed by atoms with Crippen LogP contribution in [0.15, 0.2) is 42.5 Å². The van der Waals surface area contributed by atoms with Crippen molar-refractivity contribution in [2.75, 3.05) is 13.7 Å². The van der Waals surface area contributed by atoms with Gasteiger partial charge in [0.05, 0.1) is 19.6 Å². The number of amides is 1. The lowest BCUT2D eigenvalue weighted by molar-refractivity contribution is -0.121. The van der Waals surface area contributed by atoms with Gasteiger partial charge in [0.1, 0.15) is 0 Å². The molecule has 0 aliphatic heterocycles. The summed E-state index contributed by atoms with van der Waals surface area (Å²) < 4.78 is 4.98. The van der Waals surface area contributed by atoms with Gasteiger partial charge >= 0.3 is 0 Å². The predicted molar refractivity (Wildman–Crippen MR) is 92.4 cm³/mol. The first-order valence-electron chi connectivity index (χ1n) is 7.55. The summed E-state index contributed by atoms with van der Waals surface area (Å²) in [6, 6.07) is 11.7. The SMILES string of the molecule is COc1ccc(CC(=O)NC(CCO)c2cccc(Cl)c2)cc1O. The van der Waals surface area contributed by atoms with Crippen LogP contribution >= 0.6 is 11.6 Å². The lowest BCUT2D eigenvalue weighted by atomic mass is 10.0. The number of halogens is 1. The zero-order valence-electron chi connectivity index (χ0n) is 13.3. The fourth-order valence-corrected chi connectivity index (χ4v) is 2.65. The van der Waals surface area contributed by atoms with Gasteiger partial charge in [-0.2, -0.15) is 0 Å². The summed E-state index contributed by atoms with van der Waals surface area (Å²) in [5.74, 6) is 0.138. The van der Waals surface area contributed by atoms with Crippen LogP contribution in [0.4, 0.5) is 0 Å². The number of ether oxygens (including phenoxy) is 1. The zero-order valence-corrected chi connectivity index (χ0v) is 14.1. The number of hydrogen-bond acceptors (Lipinski definition) is 4. The number of hydrogen-bond donors (Lipinski definition) is 3. The number of aliphatic hydroxyl groups is 1. The van der Waals surface area contributed by atoms with Crippen LogP contribution < -0.4 is 10.1 Å². The standard InChI is InChI=1S/C18H20ClNO4/c1-24-17-6-5-12(9-16(17)22)10-18(23)20-15(7-8-21)13-3-2-4-14(19)11-13/h2-6,9,11,15,21-22H,7-8,10H2,1H3,(H,20,23). The molecule has 2 rings (SSSR count). The van der Waals surface area contributed by atoms with Crippen LogP contribution in [0.2, 0.25) is 5.02 Å². The van der Waals surface area contributed by atoms with Crippen molar-refractivity contribution in [3.63, 3.8) is 0 Å². The van der Waals surface area contributed by atoms with E-state index in [4.69, 9.17) is 16.3 Å². The number of carbonyl (C=O) groups excluding carboxylic acids is 1. The highest BCUT2D eigenvalue weighted by molar-refractivity contribution is 6.30. The Hall–Kier alpha value is -2.24. The first-order valence-corrected chi connectivity index (χ1v) is 7.93. The third-order valence-electron chi connectivity index (χ3n) is 3.61. The van der Waals surface area contributed by atoms with Crippen LogP contribution in [0.1, 0.15) is 23.6 Å². The molecule has 1 atom stereocenters. The lowest BCUT2D eigenvalue weighted by Crippen LogP contribution is -2.30. The van der Waals surface area contributed by atoms with Gasteiger partial charge in [0.15, 0.2) is 11.5 Å². The van der Waals surface area contributed by atoms with E-state index in [-0.39, 0.29) is 30.7 Å². The van der Waals surface area contributed by atoms with Gasteiger partial charge < -0.3 is 20.3 Å². The molecule has 1 unspecified atom stereocenters. The minimum absolute atomic E-state index is 0.00968. The van der Waals surface area contributed by atoms with Crippen LogP contribution in [0, 0.1) is 0 Å². The molecule has 5 nitrogen and oxygen atoms in total. The molecule has 0 heterocycles. The van der Waals surface area contributed by atoms with E-state index in [1.807, 2.05) is 6.07 Å². The summed E-state index contributed by atoms with van der Waals surface area (Å²) in [5, 5.41) is 22.5. The number of benzene rings is 2. The molecule has 128 valence electrons. The molecule has 0 radical (unpaired) electrons. The van der Waals surface area contributed by atoms with Crippen LogP contribution in [-0.2, 0) is 11.2 Å². The van der Waals surface area contributed by atoms with Crippen molar-refractivity contribution in [2.45, 2.75) is 18.9 Å². The van der Waals surface area contributed by atoms with Crippen LogP contribution in [-0.4, -0.2) is 29.8 Å². The molecule has 0 aliphatic rings. The number of methoxy groups -OCH3 is 1. The van der Waals surface area contributed by atoms with Crippen molar-refractivity contribution in [3.05, 3.63) is 58.6 Å². The van der Waals surface area contributed by atoms with Gasteiger partial charge in [0.25, 0.3) is 0 Å². The Kier molecular flexibility index (Phi) is 6.46. The number of aromatic hydroxyl groups is 1. The second kappa shape index (κ2) is 8.57. The van der Waals surface area contributed by atoms with Crippen molar-refractivity contribution >= 4 is 17.5 Å². The minimum Gasteiger partial charge on any atom is -0.504 e. The number of phenols is 1. The maximum atomic E-state index is 12.3. The molecule has 0 bridgehead atoms. The van der Waals surface area contributed by atoms with Crippen molar-refractivity contribution in [2.24, 2.45) is 0 Å². The van der Waals surface area contributed by atoms with Crippen molar-refractivity contribution in [1.29, 1.82) is 0 Å². The Morgan fingerprint density at radius 3 is 2.71 bits per heavy atom. The second-order valence-electron chi connectivity index (χ2n) is 5.37. The topological polar surface area (TPSA) is 78.8 Å². The number of carbonyl (C=O) groups is 1. The minimum atomic E-state index is -0.326. The molecule has 3 N–H and O–H groups in total. The van der Waals surface area contributed by atoms with E-state index in [2.05, 4.69) is 5.32 Å². The van der Waals surface area contributed by atoms with E-state index in [1.165, 1.54) is 13.2 Å². The molecule has 1 amide bonds. The molecule has 2 aromatic rings. The fourth-order valence-electron chi connectivity index (χ4n) is 2.45. The normalized spacial score (nSPS) is 11.8. The highest BCUT2D eigenvalue weighted by atomic mass is 35.5. The van der Waals surface area contributed by atoms with Crippen LogP contribution in [0.5, 0.6) is 11.5 Å². The summed E-state index contributed by atoms with van der Waals surface area (Å²) >= 11 is 5.99. The second-order valence-corrected chi connectivity index (χ2v) is 5.81. The summed E-state index contributed by atoms with van der Waals surface area (Å²) in [7, 11) is 1.46. The van der Waals surface area contributed by atoms with E-state index >= 15 is 0 Å². The predicted octanol–water partition coefficient (Wildman–Crippen LogP) is 2.84. The first kappa shape index (κ1) is 18.1. The quantitative estimate of drug-likeness (QED) is 0.718. The molecule has 24 heavy (non-hydrogen) atoms. The third-order valence-corrected chi connectivity index (χ3v) is 3.85. The van der Waals surface area contributed by atoms with E-state index in [0.717, 1.165) is 5.56 Å². The van der Waals surface area contributed by atoms with Crippen molar-refractivity contribution < 1.29 is 19.7 Å². The summed E-state index contributed by atoms with van der Waals surface area (Å²) in [4.78, 5) is 12.3. The molecule has 0 saturated carbocycles. The molecule has 0 saturated heterocycles. The maximum absolute atomic E-state index is 12.3. The lowest BCUT2D eigenvalue weighted by Gasteiger charge is -2.19. The maximum Gasteiger partial charge on any atom is 0.224 e. The van der Waals surface area contributed by atoms with Crippen LogP contribution in [0.25, 0.3) is 0 Å². The monoisotopic (exact) mass is 349 g/mol. The highest BCUT2D eigenvalue weighted by Crippen LogP contribution is 2.26. The van der Waals surface area contributed by atoms with Gasteiger partial charge in [-0.15, -0.1) is 0 Å². The number of phenolic OH excluding ortho intramolecular Hbond substituents is 1. The number of nitrogens with one attached hydrogen (secondary N) is 1. The highest BCUT2D eigenvalue weighted by Gasteiger charge is 2.15. The van der Waals surface area contributed by atoms with Crippen molar-refractivity contribution in [3.8, 4) is 11.5 Å². The summed E-state index contributed by atoms with van der Waals surface area (Å²) in [6.45, 7) is -0.0548. The average molecular weight is 350 g/mol. The van der Waals surface area contributed by atoms with E-state index in [9.17, 15) is 15.0 Å². The molecule has 0 aromatic heterocycles. The molecule has 2 aromatic carbocycles. The van der Waals surface area contributed by atoms with Gasteiger partial charge in [-0.05, 0) is 41.8 Å². The molecule has 0 spiro atoms. The van der Waals surface area contributed by atoms with Gasteiger partial charge in [0, 0.05) is 11.6 Å². The summed E-state index contributed by atoms with van der Waals surface area (Å²) in [5.41, 5.74) is 1.50. The van der Waals surface area contributed by atoms with Gasteiger partial charge in [0.2, 0.25) is 5.91 Å². The smallest absolute Gasteiger partial charge is 0.224 e. The van der Waals surface area contributed by atoms with Gasteiger partial charge in [-0.1, -0.05) is 29.8 Å². The first-order chi connectivity index (χ1) is 11.5. The number of rotatable bonds is 7. The summed E-state index contributed by atoms with van der Waals surface area (Å²) in [6.07, 6.45) is 0.500. The molecule has 0 fully saturated rings. The van der Waals surface area contributed by atoms with Gasteiger partial charge in [-0.3, -0.25) is 4.79 Å². The Morgan fingerprint density at radius 2 is 2.08 bits per heavy atom. The zero-order chi connectivity index (χ0) is 17.5.